The molecule has 3 fully saturated rings. The van der Waals surface area contributed by atoms with Gasteiger partial charge in [0.25, 0.3) is 0 Å². The first kappa shape index (κ1) is 13.3. The van der Waals surface area contributed by atoms with E-state index < -0.39 is 0 Å². The Hall–Kier alpha value is -2.18. The third-order valence-corrected chi connectivity index (χ3v) is 5.73. The Labute approximate surface area is 133 Å². The fourth-order valence-corrected chi connectivity index (χ4v) is 4.56. The molecule has 23 heavy (non-hydrogen) atoms. The molecular weight excluding hydrogens is 292 g/mol. The number of imidazole rings is 1. The predicted molar refractivity (Wildman–Crippen MR) is 84.8 cm³/mol. The van der Waals surface area contributed by atoms with Gasteiger partial charge in [-0.2, -0.15) is 0 Å². The molecule has 7 heteroatoms. The lowest BCUT2D eigenvalue weighted by Crippen LogP contribution is -2.44. The van der Waals surface area contributed by atoms with Gasteiger partial charge in [-0.15, -0.1) is 0 Å². The summed E-state index contributed by atoms with van der Waals surface area (Å²) in [6.45, 7) is 0.848. The molecular formula is C16H20N6O. The van der Waals surface area contributed by atoms with Crippen LogP contribution in [0.1, 0.15) is 38.1 Å². The lowest BCUT2D eigenvalue weighted by atomic mass is 9.94. The molecule has 3 aliphatic rings. The van der Waals surface area contributed by atoms with E-state index in [1.165, 1.54) is 25.7 Å². The van der Waals surface area contributed by atoms with Gasteiger partial charge in [0.15, 0.2) is 17.0 Å². The molecule has 0 aromatic carbocycles. The molecule has 2 aromatic heterocycles. The van der Waals surface area contributed by atoms with E-state index in [9.17, 15) is 4.79 Å². The van der Waals surface area contributed by atoms with Crippen LogP contribution in [0.4, 0.5) is 5.82 Å². The fraction of sp³-hybridized carbons (Fsp3) is 0.625. The van der Waals surface area contributed by atoms with E-state index in [0.29, 0.717) is 17.9 Å². The van der Waals surface area contributed by atoms with Gasteiger partial charge in [0.2, 0.25) is 5.91 Å². The average molecular weight is 312 g/mol. The van der Waals surface area contributed by atoms with Gasteiger partial charge in [0.1, 0.15) is 12.4 Å². The van der Waals surface area contributed by atoms with Crippen molar-refractivity contribution < 1.29 is 4.79 Å². The lowest BCUT2D eigenvalue weighted by Gasteiger charge is -2.26. The van der Waals surface area contributed by atoms with Crippen molar-refractivity contribution >= 4 is 22.9 Å². The minimum absolute atomic E-state index is 0.243. The van der Waals surface area contributed by atoms with Crippen molar-refractivity contribution in [2.24, 2.45) is 17.6 Å². The zero-order valence-electron chi connectivity index (χ0n) is 12.9. The van der Waals surface area contributed by atoms with E-state index in [1.54, 1.807) is 6.33 Å². The van der Waals surface area contributed by atoms with E-state index in [1.807, 2.05) is 6.33 Å². The Bertz CT molecular complexity index is 782. The Morgan fingerprint density at radius 3 is 2.83 bits per heavy atom. The number of aromatic nitrogens is 4. The maximum absolute atomic E-state index is 12.1. The summed E-state index contributed by atoms with van der Waals surface area (Å²) in [6, 6.07) is 0.263. The number of amides is 1. The summed E-state index contributed by atoms with van der Waals surface area (Å²) in [5.41, 5.74) is 7.41. The second-order valence-electron chi connectivity index (χ2n) is 7.11. The molecule has 3 heterocycles. The van der Waals surface area contributed by atoms with Crippen LogP contribution in [-0.4, -0.2) is 38.0 Å². The second-order valence-corrected chi connectivity index (χ2v) is 7.11. The highest BCUT2D eigenvalue weighted by Crippen LogP contribution is 2.45. The third kappa shape index (κ3) is 1.88. The largest absolute Gasteiger partial charge is 0.368 e. The summed E-state index contributed by atoms with van der Waals surface area (Å²) in [7, 11) is 0. The number of rotatable bonds is 3. The summed E-state index contributed by atoms with van der Waals surface area (Å²) in [6.07, 6.45) is 9.27. The molecule has 0 bridgehead atoms. The number of carbonyl (C=O) groups excluding carboxylic acids is 1. The van der Waals surface area contributed by atoms with Gasteiger partial charge in [0, 0.05) is 12.6 Å². The highest BCUT2D eigenvalue weighted by atomic mass is 16.1. The van der Waals surface area contributed by atoms with Crippen molar-refractivity contribution in [3.05, 3.63) is 12.7 Å². The van der Waals surface area contributed by atoms with Gasteiger partial charge >= 0.3 is 0 Å². The minimum Gasteiger partial charge on any atom is -0.368 e. The summed E-state index contributed by atoms with van der Waals surface area (Å²) in [5, 5.41) is 0. The second kappa shape index (κ2) is 4.66. The number of anilines is 1. The van der Waals surface area contributed by atoms with Gasteiger partial charge < -0.3 is 15.2 Å². The van der Waals surface area contributed by atoms with Gasteiger partial charge in [0.05, 0.1) is 6.33 Å². The van der Waals surface area contributed by atoms with Crippen LogP contribution >= 0.6 is 0 Å². The topological polar surface area (TPSA) is 89.9 Å². The highest BCUT2D eigenvalue weighted by Gasteiger charge is 2.48. The molecule has 1 aliphatic heterocycles. The van der Waals surface area contributed by atoms with Crippen molar-refractivity contribution in [1.29, 1.82) is 0 Å². The molecule has 1 saturated heterocycles. The van der Waals surface area contributed by atoms with Crippen molar-refractivity contribution in [3.63, 3.8) is 0 Å². The molecule has 7 nitrogen and oxygen atoms in total. The molecule has 0 spiro atoms. The molecule has 3 atom stereocenters. The third-order valence-electron chi connectivity index (χ3n) is 5.73. The number of carbonyl (C=O) groups is 1. The molecule has 120 valence electrons. The molecule has 2 aromatic rings. The highest BCUT2D eigenvalue weighted by molar-refractivity contribution is 5.90. The summed E-state index contributed by atoms with van der Waals surface area (Å²) < 4.78 is 2.14. The summed E-state index contributed by atoms with van der Waals surface area (Å²) in [4.78, 5) is 27.6. The molecule has 0 radical (unpaired) electrons. The zero-order chi connectivity index (χ0) is 15.6. The Morgan fingerprint density at radius 1 is 1.17 bits per heavy atom. The smallest absolute Gasteiger partial charge is 0.240 e. The van der Waals surface area contributed by atoms with Crippen molar-refractivity contribution in [3.8, 4) is 0 Å². The maximum atomic E-state index is 12.1. The number of primary amides is 1. The average Bonchev–Trinajstić information content (AvgIpc) is 2.97. The van der Waals surface area contributed by atoms with Crippen LogP contribution in [0.2, 0.25) is 0 Å². The van der Waals surface area contributed by atoms with Crippen LogP contribution in [0.3, 0.4) is 0 Å². The van der Waals surface area contributed by atoms with E-state index in [4.69, 9.17) is 5.73 Å². The van der Waals surface area contributed by atoms with E-state index >= 15 is 0 Å². The molecule has 0 unspecified atom stereocenters. The predicted octanol–water partition coefficient (Wildman–Crippen LogP) is 1.25. The van der Waals surface area contributed by atoms with Crippen LogP contribution < -0.4 is 10.6 Å². The number of fused-ring (bicyclic) bond motifs is 2. The summed E-state index contributed by atoms with van der Waals surface area (Å²) in [5.74, 6) is 1.44. The fourth-order valence-electron chi connectivity index (χ4n) is 4.56. The molecule has 2 saturated carbocycles. The van der Waals surface area contributed by atoms with Crippen molar-refractivity contribution in [2.45, 2.75) is 44.2 Å². The SMILES string of the molecule is NC(=O)[C@@H]1[C@H]2CCC[C@H]2CN1c1ncnc2c1ncn2C1CC1. The summed E-state index contributed by atoms with van der Waals surface area (Å²) >= 11 is 0. The van der Waals surface area contributed by atoms with Crippen LogP contribution in [0.5, 0.6) is 0 Å². The van der Waals surface area contributed by atoms with E-state index in [0.717, 1.165) is 29.9 Å². The zero-order valence-corrected chi connectivity index (χ0v) is 12.9. The van der Waals surface area contributed by atoms with Crippen LogP contribution in [0, 0.1) is 11.8 Å². The van der Waals surface area contributed by atoms with Gasteiger partial charge in [-0.05, 0) is 37.5 Å². The first-order valence-electron chi connectivity index (χ1n) is 8.47. The Morgan fingerprint density at radius 2 is 2.04 bits per heavy atom. The molecule has 5 rings (SSSR count). The standard InChI is InChI=1S/C16H20N6O/c17-14(23)13-11-3-1-2-9(11)6-21(13)15-12-16(19-7-18-15)22(8-20-12)10-4-5-10/h7-11,13H,1-6H2,(H2,17,23)/t9-,11-,13-/m0/s1. The van der Waals surface area contributed by atoms with Crippen molar-refractivity contribution in [1.82, 2.24) is 19.5 Å². The normalized spacial score (nSPS) is 30.1. The number of hydrogen-bond acceptors (Lipinski definition) is 5. The monoisotopic (exact) mass is 312 g/mol. The first-order valence-corrected chi connectivity index (χ1v) is 8.47. The van der Waals surface area contributed by atoms with Gasteiger partial charge in [-0.3, -0.25) is 4.79 Å². The number of nitrogens with two attached hydrogens (primary N) is 1. The van der Waals surface area contributed by atoms with Gasteiger partial charge in [-0.1, -0.05) is 6.42 Å². The molecule has 1 amide bonds. The van der Waals surface area contributed by atoms with Crippen LogP contribution in [0.15, 0.2) is 12.7 Å². The Kier molecular flexibility index (Phi) is 2.69. The van der Waals surface area contributed by atoms with Gasteiger partial charge in [-0.25, -0.2) is 15.0 Å². The lowest BCUT2D eigenvalue weighted by molar-refractivity contribution is -0.120. The molecule has 2 aliphatic carbocycles. The van der Waals surface area contributed by atoms with E-state index in [2.05, 4.69) is 24.4 Å². The van der Waals surface area contributed by atoms with E-state index in [-0.39, 0.29) is 11.9 Å². The van der Waals surface area contributed by atoms with Crippen molar-refractivity contribution in [2.75, 3.05) is 11.4 Å². The molecule has 2 N–H and O–H groups in total. The first-order chi connectivity index (χ1) is 11.2. The maximum Gasteiger partial charge on any atom is 0.240 e. The minimum atomic E-state index is -0.258. The van der Waals surface area contributed by atoms with Crippen LogP contribution in [0.25, 0.3) is 11.2 Å². The number of nitrogens with zero attached hydrogens (tertiary/aromatic N) is 5. The Balaban J connectivity index is 1.61. The quantitative estimate of drug-likeness (QED) is 0.921. The van der Waals surface area contributed by atoms with Crippen LogP contribution in [-0.2, 0) is 4.79 Å². The number of hydrogen-bond donors (Lipinski definition) is 1.